The summed E-state index contributed by atoms with van der Waals surface area (Å²) < 4.78 is 6.68. The molecule has 0 aromatic heterocycles. The van der Waals surface area contributed by atoms with Crippen LogP contribution in [0.25, 0.3) is 0 Å². The van der Waals surface area contributed by atoms with E-state index in [0.717, 1.165) is 30.7 Å². The van der Waals surface area contributed by atoms with Crippen LogP contribution >= 0.6 is 15.9 Å². The van der Waals surface area contributed by atoms with Crippen molar-refractivity contribution in [3.8, 4) is 0 Å². The summed E-state index contributed by atoms with van der Waals surface area (Å²) in [6, 6.07) is 8.86. The van der Waals surface area contributed by atoms with Gasteiger partial charge in [-0.2, -0.15) is 0 Å². The minimum atomic E-state index is 0.392. The van der Waals surface area contributed by atoms with Gasteiger partial charge in [-0.1, -0.05) is 41.9 Å². The number of hydrogen-bond donors (Lipinski definition) is 1. The summed E-state index contributed by atoms with van der Waals surface area (Å²) in [4.78, 5) is 0. The van der Waals surface area contributed by atoms with E-state index in [1.54, 1.807) is 0 Å². The molecule has 18 heavy (non-hydrogen) atoms. The van der Waals surface area contributed by atoms with E-state index in [-0.39, 0.29) is 0 Å². The van der Waals surface area contributed by atoms with Gasteiger partial charge >= 0.3 is 0 Å². The first kappa shape index (κ1) is 15.7. The van der Waals surface area contributed by atoms with Crippen molar-refractivity contribution in [2.45, 2.75) is 33.2 Å². The standard InChI is InChI=1S/C15H24BrNO/c1-12(2)11-18-10-4-9-17-13(3)14-5-7-15(16)8-6-14/h5-8,12-13,17H,4,9-11H2,1-3H3. The molecule has 1 aromatic carbocycles. The van der Waals surface area contributed by atoms with E-state index in [0.29, 0.717) is 12.0 Å². The lowest BCUT2D eigenvalue weighted by Crippen LogP contribution is -2.21. The first-order valence-electron chi connectivity index (χ1n) is 6.66. The third-order valence-electron chi connectivity index (χ3n) is 2.74. The second kappa shape index (κ2) is 8.68. The molecule has 0 radical (unpaired) electrons. The Labute approximate surface area is 119 Å². The van der Waals surface area contributed by atoms with E-state index in [1.807, 2.05) is 0 Å². The van der Waals surface area contributed by atoms with Gasteiger partial charge in [0, 0.05) is 23.7 Å². The van der Waals surface area contributed by atoms with E-state index in [2.05, 4.69) is 66.3 Å². The summed E-state index contributed by atoms with van der Waals surface area (Å²) in [5.41, 5.74) is 1.32. The number of ether oxygens (including phenoxy) is 1. The molecule has 0 amide bonds. The highest BCUT2D eigenvalue weighted by Gasteiger charge is 2.03. The quantitative estimate of drug-likeness (QED) is 0.727. The summed E-state index contributed by atoms with van der Waals surface area (Å²) in [6.07, 6.45) is 1.06. The van der Waals surface area contributed by atoms with E-state index < -0.39 is 0 Å². The Morgan fingerprint density at radius 1 is 1.17 bits per heavy atom. The summed E-state index contributed by atoms with van der Waals surface area (Å²) in [5.74, 6) is 0.625. The van der Waals surface area contributed by atoms with Gasteiger partial charge < -0.3 is 10.1 Å². The smallest absolute Gasteiger partial charge is 0.0489 e. The van der Waals surface area contributed by atoms with Crippen molar-refractivity contribution < 1.29 is 4.74 Å². The van der Waals surface area contributed by atoms with Gasteiger partial charge in [0.25, 0.3) is 0 Å². The van der Waals surface area contributed by atoms with Crippen molar-refractivity contribution in [3.63, 3.8) is 0 Å². The van der Waals surface area contributed by atoms with Crippen LogP contribution in [0.15, 0.2) is 28.7 Å². The molecule has 2 nitrogen and oxygen atoms in total. The molecule has 1 N–H and O–H groups in total. The van der Waals surface area contributed by atoms with Crippen molar-refractivity contribution in [2.75, 3.05) is 19.8 Å². The molecule has 1 unspecified atom stereocenters. The molecule has 0 aliphatic rings. The molecule has 0 spiro atoms. The van der Waals surface area contributed by atoms with Gasteiger partial charge in [0.2, 0.25) is 0 Å². The molecule has 0 heterocycles. The molecule has 0 saturated heterocycles. The minimum absolute atomic E-state index is 0.392. The number of hydrogen-bond acceptors (Lipinski definition) is 2. The Kier molecular flexibility index (Phi) is 7.56. The Morgan fingerprint density at radius 3 is 2.44 bits per heavy atom. The summed E-state index contributed by atoms with van der Waals surface area (Å²) >= 11 is 3.45. The molecule has 1 atom stereocenters. The number of nitrogens with one attached hydrogen (secondary N) is 1. The topological polar surface area (TPSA) is 21.3 Å². The first-order chi connectivity index (χ1) is 8.59. The fourth-order valence-corrected chi connectivity index (χ4v) is 1.95. The third-order valence-corrected chi connectivity index (χ3v) is 3.27. The van der Waals surface area contributed by atoms with Crippen molar-refractivity contribution >= 4 is 15.9 Å². The lowest BCUT2D eigenvalue weighted by atomic mass is 10.1. The fraction of sp³-hybridized carbons (Fsp3) is 0.600. The van der Waals surface area contributed by atoms with Gasteiger partial charge in [0.1, 0.15) is 0 Å². The second-order valence-corrected chi connectivity index (χ2v) is 5.97. The van der Waals surface area contributed by atoms with Gasteiger partial charge in [0.15, 0.2) is 0 Å². The van der Waals surface area contributed by atoms with Crippen LogP contribution in [-0.4, -0.2) is 19.8 Å². The Balaban J connectivity index is 2.13. The highest BCUT2D eigenvalue weighted by atomic mass is 79.9. The lowest BCUT2D eigenvalue weighted by Gasteiger charge is -2.14. The predicted octanol–water partition coefficient (Wildman–Crippen LogP) is 4.16. The molecule has 3 heteroatoms. The number of benzene rings is 1. The predicted molar refractivity (Wildman–Crippen MR) is 80.8 cm³/mol. The van der Waals surface area contributed by atoms with E-state index in [9.17, 15) is 0 Å². The maximum absolute atomic E-state index is 5.55. The maximum Gasteiger partial charge on any atom is 0.0489 e. The second-order valence-electron chi connectivity index (χ2n) is 5.05. The number of halogens is 1. The van der Waals surface area contributed by atoms with Crippen molar-refractivity contribution in [1.29, 1.82) is 0 Å². The number of rotatable bonds is 8. The molecule has 1 aromatic rings. The van der Waals surface area contributed by atoms with Gasteiger partial charge in [-0.25, -0.2) is 0 Å². The van der Waals surface area contributed by atoms with Gasteiger partial charge in [-0.05, 0) is 43.5 Å². The van der Waals surface area contributed by atoms with Crippen LogP contribution in [0.3, 0.4) is 0 Å². The Morgan fingerprint density at radius 2 is 1.83 bits per heavy atom. The molecular weight excluding hydrogens is 290 g/mol. The van der Waals surface area contributed by atoms with Crippen molar-refractivity contribution in [3.05, 3.63) is 34.3 Å². The molecule has 1 rings (SSSR count). The zero-order chi connectivity index (χ0) is 13.4. The maximum atomic E-state index is 5.55. The van der Waals surface area contributed by atoms with E-state index in [4.69, 9.17) is 4.74 Å². The average molecular weight is 314 g/mol. The molecule has 0 bridgehead atoms. The molecule has 102 valence electrons. The van der Waals surface area contributed by atoms with Crippen molar-refractivity contribution in [1.82, 2.24) is 5.32 Å². The Hall–Kier alpha value is -0.380. The van der Waals surface area contributed by atoms with Gasteiger partial charge in [0.05, 0.1) is 0 Å². The Bertz CT molecular complexity index is 324. The van der Waals surface area contributed by atoms with E-state index in [1.165, 1.54) is 5.56 Å². The van der Waals surface area contributed by atoms with Crippen LogP contribution in [0.1, 0.15) is 38.8 Å². The van der Waals surface area contributed by atoms with Crippen molar-refractivity contribution in [2.24, 2.45) is 5.92 Å². The van der Waals surface area contributed by atoms with Crippen LogP contribution in [0.2, 0.25) is 0 Å². The lowest BCUT2D eigenvalue weighted by molar-refractivity contribution is 0.107. The zero-order valence-corrected chi connectivity index (χ0v) is 13.2. The van der Waals surface area contributed by atoms with Gasteiger partial charge in [-0.15, -0.1) is 0 Å². The molecular formula is C15H24BrNO. The fourth-order valence-electron chi connectivity index (χ4n) is 1.68. The largest absolute Gasteiger partial charge is 0.381 e. The van der Waals surface area contributed by atoms with Crippen LogP contribution < -0.4 is 5.32 Å². The highest BCUT2D eigenvalue weighted by molar-refractivity contribution is 9.10. The van der Waals surface area contributed by atoms with Crippen LogP contribution in [-0.2, 0) is 4.74 Å². The monoisotopic (exact) mass is 313 g/mol. The zero-order valence-electron chi connectivity index (χ0n) is 11.6. The van der Waals surface area contributed by atoms with Crippen LogP contribution in [0.5, 0.6) is 0 Å². The normalized spacial score (nSPS) is 12.9. The summed E-state index contributed by atoms with van der Waals surface area (Å²) in [7, 11) is 0. The third kappa shape index (κ3) is 6.53. The minimum Gasteiger partial charge on any atom is -0.381 e. The molecule has 0 aliphatic carbocycles. The molecule has 0 saturated carbocycles. The SMILES string of the molecule is CC(C)COCCCNC(C)c1ccc(Br)cc1. The first-order valence-corrected chi connectivity index (χ1v) is 7.45. The summed E-state index contributed by atoms with van der Waals surface area (Å²) in [6.45, 7) is 9.25. The highest BCUT2D eigenvalue weighted by Crippen LogP contribution is 2.16. The molecule has 0 fully saturated rings. The van der Waals surface area contributed by atoms with Crippen LogP contribution in [0, 0.1) is 5.92 Å². The van der Waals surface area contributed by atoms with Crippen LogP contribution in [0.4, 0.5) is 0 Å². The van der Waals surface area contributed by atoms with E-state index >= 15 is 0 Å². The summed E-state index contributed by atoms with van der Waals surface area (Å²) in [5, 5.41) is 3.51. The molecule has 0 aliphatic heterocycles. The van der Waals surface area contributed by atoms with Gasteiger partial charge in [-0.3, -0.25) is 0 Å². The average Bonchev–Trinajstić information content (AvgIpc) is 2.34.